The summed E-state index contributed by atoms with van der Waals surface area (Å²) in [6, 6.07) is 0. The molecule has 0 fully saturated rings. The van der Waals surface area contributed by atoms with Gasteiger partial charge in [-0.2, -0.15) is 0 Å². The lowest BCUT2D eigenvalue weighted by Crippen LogP contribution is -2.52. The van der Waals surface area contributed by atoms with Crippen LogP contribution in [0.2, 0.25) is 0 Å². The van der Waals surface area contributed by atoms with Crippen LogP contribution in [0.1, 0.15) is 45.4 Å². The molecule has 4 atom stereocenters. The van der Waals surface area contributed by atoms with Gasteiger partial charge in [0, 0.05) is 52.0 Å². The first-order chi connectivity index (χ1) is 17.6. The van der Waals surface area contributed by atoms with E-state index in [1.54, 1.807) is 7.05 Å². The molecule has 0 bridgehead atoms. The van der Waals surface area contributed by atoms with E-state index < -0.39 is 36.1 Å². The fraction of sp³-hybridized carbons (Fsp3) is 0.833. The van der Waals surface area contributed by atoms with Crippen molar-refractivity contribution in [3.63, 3.8) is 0 Å². The third-order valence-corrected chi connectivity index (χ3v) is 5.22. The van der Waals surface area contributed by atoms with E-state index in [0.717, 1.165) is 0 Å². The zero-order chi connectivity index (χ0) is 28.1. The summed E-state index contributed by atoms with van der Waals surface area (Å²) < 4.78 is 15.8. The van der Waals surface area contributed by atoms with Crippen molar-refractivity contribution < 1.29 is 53.8 Å². The first-order valence-corrected chi connectivity index (χ1v) is 12.5. The van der Waals surface area contributed by atoms with Gasteiger partial charge in [0.1, 0.15) is 29.9 Å². The van der Waals surface area contributed by atoms with E-state index in [-0.39, 0.29) is 57.2 Å². The number of hydrogen-bond acceptors (Lipinski definition) is 12. The fourth-order valence-electron chi connectivity index (χ4n) is 2.95. The van der Waals surface area contributed by atoms with E-state index in [1.165, 1.54) is 6.92 Å². The first-order valence-electron chi connectivity index (χ1n) is 12.5. The molecule has 0 aromatic carbocycles. The summed E-state index contributed by atoms with van der Waals surface area (Å²) in [5, 5.41) is 45.1. The predicted molar refractivity (Wildman–Crippen MR) is 132 cm³/mol. The number of carbonyl (C=O) groups is 4. The highest BCUT2D eigenvalue weighted by atomic mass is 16.5. The number of ether oxygens (including phenoxy) is 3. The molecular formula is C24H44N2O11. The summed E-state index contributed by atoms with van der Waals surface area (Å²) in [6.07, 6.45) is -6.69. The number of ketones is 3. The quantitative estimate of drug-likeness (QED) is 0.0694. The SMILES string of the molecule is CNCCOCCNC(=O)[C@@H](O)[C@H](O)[C@H](O)[C@@H](O)C(=O)CCCOCCCC(=O)CCOCCC(C)=O. The zero-order valence-corrected chi connectivity index (χ0v) is 21.9. The minimum absolute atomic E-state index is 0.0194. The Kier molecular flexibility index (Phi) is 21.1. The summed E-state index contributed by atoms with van der Waals surface area (Å²) >= 11 is 0. The Bertz CT molecular complexity index is 663. The summed E-state index contributed by atoms with van der Waals surface area (Å²) in [5.41, 5.74) is 0. The van der Waals surface area contributed by atoms with Crippen LogP contribution >= 0.6 is 0 Å². The second-order valence-electron chi connectivity index (χ2n) is 8.52. The Balaban J connectivity index is 3.98. The maximum absolute atomic E-state index is 12.1. The molecule has 0 aliphatic rings. The fourth-order valence-corrected chi connectivity index (χ4v) is 2.95. The Morgan fingerprint density at radius 1 is 0.676 bits per heavy atom. The van der Waals surface area contributed by atoms with E-state index in [4.69, 9.17) is 14.2 Å². The second kappa shape index (κ2) is 22.2. The van der Waals surface area contributed by atoms with Crippen LogP contribution in [0.15, 0.2) is 0 Å². The topological polar surface area (TPSA) is 201 Å². The Morgan fingerprint density at radius 2 is 1.22 bits per heavy atom. The van der Waals surface area contributed by atoms with Crippen molar-refractivity contribution in [1.29, 1.82) is 0 Å². The molecule has 0 heterocycles. The van der Waals surface area contributed by atoms with E-state index >= 15 is 0 Å². The van der Waals surface area contributed by atoms with Gasteiger partial charge in [0.25, 0.3) is 5.91 Å². The minimum Gasteiger partial charge on any atom is -0.387 e. The molecule has 216 valence electrons. The van der Waals surface area contributed by atoms with Gasteiger partial charge in [-0.05, 0) is 26.8 Å². The van der Waals surface area contributed by atoms with Crippen LogP contribution in [0.3, 0.4) is 0 Å². The smallest absolute Gasteiger partial charge is 0.251 e. The first kappa shape index (κ1) is 35.2. The molecule has 0 aromatic rings. The highest BCUT2D eigenvalue weighted by molar-refractivity contribution is 5.84. The van der Waals surface area contributed by atoms with Crippen molar-refractivity contribution in [1.82, 2.24) is 10.6 Å². The highest BCUT2D eigenvalue weighted by Gasteiger charge is 2.36. The third kappa shape index (κ3) is 18.1. The number of amides is 1. The van der Waals surface area contributed by atoms with E-state index in [1.807, 2.05) is 0 Å². The Hall–Kier alpha value is -1.84. The largest absolute Gasteiger partial charge is 0.387 e. The van der Waals surface area contributed by atoms with Gasteiger partial charge in [-0.1, -0.05) is 0 Å². The van der Waals surface area contributed by atoms with E-state index in [2.05, 4.69) is 10.6 Å². The van der Waals surface area contributed by atoms with Crippen molar-refractivity contribution in [2.75, 3.05) is 59.8 Å². The third-order valence-electron chi connectivity index (χ3n) is 5.22. The van der Waals surface area contributed by atoms with Crippen LogP contribution in [0.4, 0.5) is 0 Å². The maximum atomic E-state index is 12.1. The molecule has 0 unspecified atom stereocenters. The summed E-state index contributed by atoms with van der Waals surface area (Å²) in [5.74, 6) is -1.70. The summed E-state index contributed by atoms with van der Waals surface area (Å²) in [7, 11) is 1.76. The van der Waals surface area contributed by atoms with Gasteiger partial charge in [-0.3, -0.25) is 19.2 Å². The monoisotopic (exact) mass is 536 g/mol. The van der Waals surface area contributed by atoms with Gasteiger partial charge in [-0.25, -0.2) is 0 Å². The van der Waals surface area contributed by atoms with Crippen molar-refractivity contribution >= 4 is 23.3 Å². The molecule has 6 N–H and O–H groups in total. The average molecular weight is 537 g/mol. The molecular weight excluding hydrogens is 492 g/mol. The number of nitrogens with one attached hydrogen (secondary N) is 2. The molecule has 13 heteroatoms. The molecule has 0 aromatic heterocycles. The van der Waals surface area contributed by atoms with Crippen molar-refractivity contribution in [3.05, 3.63) is 0 Å². The number of aliphatic hydroxyl groups excluding tert-OH is 4. The van der Waals surface area contributed by atoms with E-state index in [9.17, 15) is 39.6 Å². The highest BCUT2D eigenvalue weighted by Crippen LogP contribution is 2.09. The number of likely N-dealkylation sites (N-methyl/N-ethyl adjacent to an activating group) is 1. The maximum Gasteiger partial charge on any atom is 0.251 e. The lowest BCUT2D eigenvalue weighted by atomic mass is 9.97. The van der Waals surface area contributed by atoms with Crippen molar-refractivity contribution in [3.8, 4) is 0 Å². The van der Waals surface area contributed by atoms with Gasteiger partial charge in [0.05, 0.1) is 26.4 Å². The zero-order valence-electron chi connectivity index (χ0n) is 21.9. The molecule has 0 saturated carbocycles. The van der Waals surface area contributed by atoms with Crippen LogP contribution in [-0.2, 0) is 33.4 Å². The molecule has 0 aliphatic carbocycles. The average Bonchev–Trinajstić information content (AvgIpc) is 2.87. The van der Waals surface area contributed by atoms with Crippen LogP contribution < -0.4 is 10.6 Å². The molecule has 1 amide bonds. The number of carbonyl (C=O) groups excluding carboxylic acids is 4. The number of Topliss-reactive ketones (excluding diaryl/α,β-unsaturated/α-hetero) is 3. The predicted octanol–water partition coefficient (Wildman–Crippen LogP) is -2.12. The van der Waals surface area contributed by atoms with Gasteiger partial charge in [0.15, 0.2) is 11.9 Å². The summed E-state index contributed by atoms with van der Waals surface area (Å²) in [6.45, 7) is 3.83. The minimum atomic E-state index is -2.07. The van der Waals surface area contributed by atoms with Crippen LogP contribution in [0.25, 0.3) is 0 Å². The molecule has 0 saturated heterocycles. The Morgan fingerprint density at radius 3 is 1.86 bits per heavy atom. The van der Waals surface area contributed by atoms with Gasteiger partial charge in [0.2, 0.25) is 0 Å². The standard InChI is InChI=1S/C24H44N2O11/c1-17(27)7-13-36-14-8-18(28)5-3-11-35-12-4-6-19(29)20(30)21(31)22(32)23(33)24(34)26-10-16-37-15-9-25-2/h20-23,25,30-33H,3-16H2,1-2H3,(H,26,34)/t20-,21+,22+,23-/m0/s1. The second-order valence-corrected chi connectivity index (χ2v) is 8.52. The van der Waals surface area contributed by atoms with Crippen LogP contribution in [0.5, 0.6) is 0 Å². The normalized spacial score (nSPS) is 14.5. The van der Waals surface area contributed by atoms with Crippen LogP contribution in [-0.4, -0.2) is 128 Å². The van der Waals surface area contributed by atoms with Crippen molar-refractivity contribution in [2.24, 2.45) is 0 Å². The molecule has 37 heavy (non-hydrogen) atoms. The van der Waals surface area contributed by atoms with Gasteiger partial charge in [-0.15, -0.1) is 0 Å². The molecule has 0 radical (unpaired) electrons. The lowest BCUT2D eigenvalue weighted by molar-refractivity contribution is -0.154. The molecule has 0 rings (SSSR count). The Labute approximate surface area is 217 Å². The number of rotatable bonds is 25. The molecule has 0 aliphatic heterocycles. The van der Waals surface area contributed by atoms with Gasteiger partial charge < -0.3 is 45.3 Å². The van der Waals surface area contributed by atoms with E-state index in [0.29, 0.717) is 45.6 Å². The number of aliphatic hydroxyl groups is 4. The van der Waals surface area contributed by atoms with Crippen LogP contribution in [0, 0.1) is 0 Å². The lowest BCUT2D eigenvalue weighted by Gasteiger charge is -2.25. The molecule has 13 nitrogen and oxygen atoms in total. The molecule has 0 spiro atoms. The van der Waals surface area contributed by atoms with Crippen molar-refractivity contribution in [2.45, 2.75) is 69.9 Å². The number of hydrogen-bond donors (Lipinski definition) is 6. The summed E-state index contributed by atoms with van der Waals surface area (Å²) in [4.78, 5) is 46.5. The van der Waals surface area contributed by atoms with Gasteiger partial charge >= 0.3 is 0 Å².